The Morgan fingerprint density at radius 3 is 2.85 bits per heavy atom. The Labute approximate surface area is 128 Å². The molecule has 0 spiro atoms. The molecule has 1 atom stereocenters. The first kappa shape index (κ1) is 14.1. The molecule has 0 amide bonds. The van der Waals surface area contributed by atoms with E-state index in [-0.39, 0.29) is 0 Å². The molecule has 0 aliphatic heterocycles. The third kappa shape index (κ3) is 3.08. The zero-order chi connectivity index (χ0) is 13.9. The van der Waals surface area contributed by atoms with Gasteiger partial charge in [-0.15, -0.1) is 11.3 Å². The molecule has 3 rings (SSSR count). The second kappa shape index (κ2) is 6.29. The molecule has 2 aromatic rings. The molecule has 0 bridgehead atoms. The van der Waals surface area contributed by atoms with E-state index >= 15 is 0 Å². The molecule has 1 N–H and O–H groups in total. The Morgan fingerprint density at radius 1 is 1.35 bits per heavy atom. The van der Waals surface area contributed by atoms with E-state index in [1.165, 1.54) is 43.4 Å². The minimum atomic E-state index is -0.558. The molecule has 0 saturated heterocycles. The SMILES string of the molecule is OC(Cc1ccn(C2CCCCC2)n1)c1sccc1Cl. The van der Waals surface area contributed by atoms with Gasteiger partial charge in [0, 0.05) is 12.6 Å². The topological polar surface area (TPSA) is 38.0 Å². The van der Waals surface area contributed by atoms with E-state index in [1.807, 2.05) is 23.7 Å². The van der Waals surface area contributed by atoms with Crippen molar-refractivity contribution in [2.24, 2.45) is 0 Å². The zero-order valence-corrected chi connectivity index (χ0v) is 12.9. The number of aliphatic hydroxyl groups is 1. The quantitative estimate of drug-likeness (QED) is 0.910. The molecular formula is C15H19ClN2OS. The second-order valence-electron chi connectivity index (χ2n) is 5.43. The van der Waals surface area contributed by atoms with Crippen LogP contribution in [0.5, 0.6) is 0 Å². The standard InChI is InChI=1S/C15H19ClN2OS/c16-13-7-9-20-15(13)14(19)10-11-6-8-18(17-11)12-4-2-1-3-5-12/h6-9,12,14,19H,1-5,10H2. The van der Waals surface area contributed by atoms with Crippen LogP contribution < -0.4 is 0 Å². The average Bonchev–Trinajstić information content (AvgIpc) is 3.09. The molecule has 3 nitrogen and oxygen atoms in total. The number of aliphatic hydroxyl groups excluding tert-OH is 1. The lowest BCUT2D eigenvalue weighted by Crippen LogP contribution is -2.13. The van der Waals surface area contributed by atoms with Crippen molar-refractivity contribution in [2.45, 2.75) is 50.7 Å². The van der Waals surface area contributed by atoms with Crippen LogP contribution in [0.15, 0.2) is 23.7 Å². The molecule has 1 aliphatic rings. The molecule has 1 aliphatic carbocycles. The smallest absolute Gasteiger partial charge is 0.0952 e. The van der Waals surface area contributed by atoms with Gasteiger partial charge in [-0.25, -0.2) is 0 Å². The average molecular weight is 311 g/mol. The van der Waals surface area contributed by atoms with Gasteiger partial charge >= 0.3 is 0 Å². The van der Waals surface area contributed by atoms with Gasteiger partial charge in [0.25, 0.3) is 0 Å². The van der Waals surface area contributed by atoms with E-state index in [4.69, 9.17) is 11.6 Å². The molecule has 2 heterocycles. The van der Waals surface area contributed by atoms with Crippen molar-refractivity contribution in [3.63, 3.8) is 0 Å². The van der Waals surface area contributed by atoms with E-state index in [1.54, 1.807) is 0 Å². The molecular weight excluding hydrogens is 292 g/mol. The number of aromatic nitrogens is 2. The zero-order valence-electron chi connectivity index (χ0n) is 11.3. The Kier molecular flexibility index (Phi) is 4.44. The number of hydrogen-bond donors (Lipinski definition) is 1. The number of rotatable bonds is 4. The van der Waals surface area contributed by atoms with Crippen molar-refractivity contribution in [1.82, 2.24) is 9.78 Å². The van der Waals surface area contributed by atoms with Crippen molar-refractivity contribution >= 4 is 22.9 Å². The Hall–Kier alpha value is -0.840. The van der Waals surface area contributed by atoms with Crippen LogP contribution in [-0.4, -0.2) is 14.9 Å². The second-order valence-corrected chi connectivity index (χ2v) is 6.79. The van der Waals surface area contributed by atoms with Gasteiger partial charge in [0.2, 0.25) is 0 Å². The Morgan fingerprint density at radius 2 is 2.15 bits per heavy atom. The highest BCUT2D eigenvalue weighted by Crippen LogP contribution is 2.31. The molecule has 1 saturated carbocycles. The van der Waals surface area contributed by atoms with Gasteiger partial charge in [0.15, 0.2) is 0 Å². The molecule has 108 valence electrons. The summed E-state index contributed by atoms with van der Waals surface area (Å²) >= 11 is 7.55. The third-order valence-corrected chi connectivity index (χ3v) is 5.42. The first-order chi connectivity index (χ1) is 9.74. The summed E-state index contributed by atoms with van der Waals surface area (Å²) in [5.74, 6) is 0. The van der Waals surface area contributed by atoms with Crippen molar-refractivity contribution < 1.29 is 5.11 Å². The Bertz CT molecular complexity index is 560. The van der Waals surface area contributed by atoms with Crippen molar-refractivity contribution in [1.29, 1.82) is 0 Å². The summed E-state index contributed by atoms with van der Waals surface area (Å²) < 4.78 is 2.08. The van der Waals surface area contributed by atoms with E-state index in [2.05, 4.69) is 9.78 Å². The van der Waals surface area contributed by atoms with Crippen molar-refractivity contribution in [3.05, 3.63) is 39.3 Å². The van der Waals surface area contributed by atoms with E-state index < -0.39 is 6.10 Å². The number of thiophene rings is 1. The van der Waals surface area contributed by atoms with E-state index in [0.29, 0.717) is 17.5 Å². The number of halogens is 1. The van der Waals surface area contributed by atoms with Gasteiger partial charge in [-0.3, -0.25) is 4.68 Å². The minimum absolute atomic E-state index is 0.528. The van der Waals surface area contributed by atoms with Crippen molar-refractivity contribution in [3.8, 4) is 0 Å². The maximum Gasteiger partial charge on any atom is 0.0952 e. The predicted molar refractivity (Wildman–Crippen MR) is 82.3 cm³/mol. The molecule has 1 fully saturated rings. The molecule has 20 heavy (non-hydrogen) atoms. The van der Waals surface area contributed by atoms with Crippen LogP contribution in [0.2, 0.25) is 5.02 Å². The van der Waals surface area contributed by atoms with Gasteiger partial charge in [0.05, 0.1) is 27.7 Å². The summed E-state index contributed by atoms with van der Waals surface area (Å²) in [4.78, 5) is 0.832. The Balaban J connectivity index is 1.66. The highest BCUT2D eigenvalue weighted by molar-refractivity contribution is 7.10. The van der Waals surface area contributed by atoms with Crippen LogP contribution in [0.25, 0.3) is 0 Å². The van der Waals surface area contributed by atoms with Gasteiger partial charge in [-0.1, -0.05) is 30.9 Å². The fourth-order valence-electron chi connectivity index (χ4n) is 2.87. The maximum absolute atomic E-state index is 10.2. The highest BCUT2D eigenvalue weighted by atomic mass is 35.5. The van der Waals surface area contributed by atoms with Crippen LogP contribution in [0.1, 0.15) is 54.8 Å². The fourth-order valence-corrected chi connectivity index (χ4v) is 4.04. The monoisotopic (exact) mass is 310 g/mol. The largest absolute Gasteiger partial charge is 0.387 e. The van der Waals surface area contributed by atoms with Crippen LogP contribution in [0, 0.1) is 0 Å². The summed E-state index contributed by atoms with van der Waals surface area (Å²) in [7, 11) is 0. The van der Waals surface area contributed by atoms with Crippen molar-refractivity contribution in [2.75, 3.05) is 0 Å². The highest BCUT2D eigenvalue weighted by Gasteiger charge is 2.18. The normalized spacial score (nSPS) is 18.3. The predicted octanol–water partition coefficient (Wildman–Crippen LogP) is 4.38. The van der Waals surface area contributed by atoms with Gasteiger partial charge < -0.3 is 5.11 Å². The number of nitrogens with zero attached hydrogens (tertiary/aromatic N) is 2. The first-order valence-corrected chi connectivity index (χ1v) is 8.45. The van der Waals surface area contributed by atoms with E-state index in [9.17, 15) is 5.11 Å². The summed E-state index contributed by atoms with van der Waals surface area (Å²) in [6, 6.07) is 4.38. The lowest BCUT2D eigenvalue weighted by molar-refractivity contribution is 0.180. The molecule has 0 aromatic carbocycles. The van der Waals surface area contributed by atoms with Crippen LogP contribution in [-0.2, 0) is 6.42 Å². The van der Waals surface area contributed by atoms with E-state index in [0.717, 1.165) is 10.6 Å². The van der Waals surface area contributed by atoms with Crippen LogP contribution in [0.4, 0.5) is 0 Å². The molecule has 5 heteroatoms. The van der Waals surface area contributed by atoms with Gasteiger partial charge in [0.1, 0.15) is 0 Å². The fraction of sp³-hybridized carbons (Fsp3) is 0.533. The molecule has 2 aromatic heterocycles. The minimum Gasteiger partial charge on any atom is -0.387 e. The summed E-state index contributed by atoms with van der Waals surface area (Å²) in [5, 5.41) is 17.4. The first-order valence-electron chi connectivity index (χ1n) is 7.19. The van der Waals surface area contributed by atoms with Gasteiger partial charge in [-0.2, -0.15) is 5.10 Å². The third-order valence-electron chi connectivity index (χ3n) is 3.96. The lowest BCUT2D eigenvalue weighted by atomic mass is 9.96. The lowest BCUT2D eigenvalue weighted by Gasteiger charge is -2.21. The molecule has 1 unspecified atom stereocenters. The summed E-state index contributed by atoms with van der Waals surface area (Å²) in [5.41, 5.74) is 0.938. The number of hydrogen-bond acceptors (Lipinski definition) is 3. The van der Waals surface area contributed by atoms with Gasteiger partial charge in [-0.05, 0) is 30.4 Å². The maximum atomic E-state index is 10.2. The van der Waals surface area contributed by atoms with Crippen LogP contribution in [0.3, 0.4) is 0 Å². The molecule has 0 radical (unpaired) electrons. The van der Waals surface area contributed by atoms with Crippen LogP contribution >= 0.6 is 22.9 Å². The summed E-state index contributed by atoms with van der Waals surface area (Å²) in [6.45, 7) is 0. The summed E-state index contributed by atoms with van der Waals surface area (Å²) in [6.07, 6.45) is 8.41.